The number of nitrogens with one attached hydrogen (secondary N) is 1. The number of hydrogen-bond acceptors (Lipinski definition) is 3. The maximum Gasteiger partial charge on any atom is 0.102 e. The van der Waals surface area contributed by atoms with Crippen LogP contribution in [0.5, 0.6) is 0 Å². The molecule has 1 aromatic carbocycles. The first-order valence-corrected chi connectivity index (χ1v) is 7.44. The summed E-state index contributed by atoms with van der Waals surface area (Å²) in [5.74, 6) is 0. The number of rotatable bonds is 6. The van der Waals surface area contributed by atoms with Gasteiger partial charge in [-0.3, -0.25) is 4.68 Å². The van der Waals surface area contributed by atoms with E-state index in [-0.39, 0.29) is 6.04 Å². The monoisotopic (exact) mass is 307 g/mol. The number of benzene rings is 1. The summed E-state index contributed by atoms with van der Waals surface area (Å²) in [6.45, 7) is 4.38. The Morgan fingerprint density at radius 2 is 2.05 bits per heavy atom. The molecule has 0 spiro atoms. The highest BCUT2D eigenvalue weighted by atomic mass is 35.5. The molecule has 5 heteroatoms. The Morgan fingerprint density at radius 3 is 2.62 bits per heavy atom. The fourth-order valence-corrected chi connectivity index (χ4v) is 2.35. The average molecular weight is 308 g/mol. The summed E-state index contributed by atoms with van der Waals surface area (Å²) >= 11 is 5.88. The summed E-state index contributed by atoms with van der Waals surface area (Å²) < 4.78 is 1.70. The number of hydrogen-bond donors (Lipinski definition) is 2. The van der Waals surface area contributed by atoms with E-state index in [0.29, 0.717) is 6.54 Å². The van der Waals surface area contributed by atoms with Gasteiger partial charge in [0.05, 0.1) is 6.20 Å². The first-order chi connectivity index (χ1) is 9.87. The zero-order valence-corrected chi connectivity index (χ0v) is 13.4. The van der Waals surface area contributed by atoms with Crippen molar-refractivity contribution in [3.63, 3.8) is 0 Å². The van der Waals surface area contributed by atoms with Crippen LogP contribution in [-0.4, -0.2) is 27.5 Å². The van der Waals surface area contributed by atoms with Crippen molar-refractivity contribution in [2.45, 2.75) is 31.9 Å². The van der Waals surface area contributed by atoms with Crippen LogP contribution < -0.4 is 5.32 Å². The third kappa shape index (κ3) is 4.56. The van der Waals surface area contributed by atoms with Crippen molar-refractivity contribution in [3.05, 3.63) is 52.8 Å². The molecule has 1 heterocycles. The Balaban J connectivity index is 1.88. The van der Waals surface area contributed by atoms with Crippen molar-refractivity contribution in [2.75, 3.05) is 6.54 Å². The molecule has 0 aliphatic rings. The van der Waals surface area contributed by atoms with E-state index in [0.717, 1.165) is 17.0 Å². The minimum absolute atomic E-state index is 0.259. The second-order valence-electron chi connectivity index (χ2n) is 5.79. The van der Waals surface area contributed by atoms with Gasteiger partial charge in [0.2, 0.25) is 0 Å². The van der Waals surface area contributed by atoms with Crippen molar-refractivity contribution >= 4 is 11.6 Å². The van der Waals surface area contributed by atoms with E-state index in [1.807, 2.05) is 37.5 Å². The molecular weight excluding hydrogens is 286 g/mol. The zero-order chi connectivity index (χ0) is 15.5. The number of halogens is 1. The van der Waals surface area contributed by atoms with Crippen LogP contribution in [0, 0.1) is 0 Å². The van der Waals surface area contributed by atoms with Gasteiger partial charge in [0, 0.05) is 36.4 Å². The van der Waals surface area contributed by atoms with Crippen LogP contribution in [0.4, 0.5) is 0 Å². The van der Waals surface area contributed by atoms with Gasteiger partial charge in [-0.1, -0.05) is 23.7 Å². The lowest BCUT2D eigenvalue weighted by Crippen LogP contribution is -2.40. The van der Waals surface area contributed by atoms with Gasteiger partial charge in [-0.05, 0) is 38.0 Å². The number of nitrogens with zero attached hydrogens (tertiary/aromatic N) is 2. The lowest BCUT2D eigenvalue weighted by Gasteiger charge is -2.25. The van der Waals surface area contributed by atoms with E-state index < -0.39 is 5.60 Å². The molecule has 2 N–H and O–H groups in total. The minimum Gasteiger partial charge on any atom is -0.384 e. The van der Waals surface area contributed by atoms with Gasteiger partial charge < -0.3 is 10.4 Å². The highest BCUT2D eigenvalue weighted by molar-refractivity contribution is 6.30. The lowest BCUT2D eigenvalue weighted by molar-refractivity contribution is 0.0543. The third-order valence-electron chi connectivity index (χ3n) is 3.58. The summed E-state index contributed by atoms with van der Waals surface area (Å²) in [5, 5.41) is 18.7. The van der Waals surface area contributed by atoms with Crippen molar-refractivity contribution in [3.8, 4) is 0 Å². The zero-order valence-electron chi connectivity index (χ0n) is 12.7. The molecule has 2 aromatic rings. The van der Waals surface area contributed by atoms with E-state index in [2.05, 4.69) is 17.3 Å². The van der Waals surface area contributed by atoms with E-state index >= 15 is 0 Å². The molecule has 0 saturated carbocycles. The molecule has 21 heavy (non-hydrogen) atoms. The molecule has 0 aliphatic heterocycles. The fraction of sp³-hybridized carbons (Fsp3) is 0.438. The molecule has 0 aliphatic carbocycles. The fourth-order valence-electron chi connectivity index (χ4n) is 2.22. The second kappa shape index (κ2) is 6.60. The normalized spacial score (nSPS) is 15.7. The molecule has 0 bridgehead atoms. The summed E-state index contributed by atoms with van der Waals surface area (Å²) in [6, 6.07) is 8.11. The SMILES string of the molecule is C[C@@H](Cc1ccc(Cl)cc1)NC[C@@](C)(O)c1cnn(C)c1. The number of aliphatic hydroxyl groups is 1. The number of aryl methyl sites for hydroxylation is 1. The highest BCUT2D eigenvalue weighted by Gasteiger charge is 2.25. The highest BCUT2D eigenvalue weighted by Crippen LogP contribution is 2.19. The number of aromatic nitrogens is 2. The van der Waals surface area contributed by atoms with Crippen LogP contribution >= 0.6 is 11.6 Å². The van der Waals surface area contributed by atoms with Crippen LogP contribution in [0.2, 0.25) is 5.02 Å². The summed E-state index contributed by atoms with van der Waals surface area (Å²) in [7, 11) is 1.84. The third-order valence-corrected chi connectivity index (χ3v) is 3.83. The smallest absolute Gasteiger partial charge is 0.102 e. The summed E-state index contributed by atoms with van der Waals surface area (Å²) in [6.07, 6.45) is 4.43. The molecule has 2 atom stereocenters. The second-order valence-corrected chi connectivity index (χ2v) is 6.23. The van der Waals surface area contributed by atoms with Gasteiger partial charge >= 0.3 is 0 Å². The van der Waals surface area contributed by atoms with Gasteiger partial charge in [0.25, 0.3) is 0 Å². The quantitative estimate of drug-likeness (QED) is 0.862. The molecular formula is C16H22ClN3O. The van der Waals surface area contributed by atoms with E-state index in [1.165, 1.54) is 5.56 Å². The predicted octanol–water partition coefficient (Wildman–Crippen LogP) is 2.50. The molecule has 1 aromatic heterocycles. The van der Waals surface area contributed by atoms with E-state index in [1.54, 1.807) is 17.8 Å². The predicted molar refractivity (Wildman–Crippen MR) is 85.4 cm³/mol. The molecule has 0 unspecified atom stereocenters. The van der Waals surface area contributed by atoms with Crippen molar-refractivity contribution < 1.29 is 5.11 Å². The van der Waals surface area contributed by atoms with Crippen LogP contribution in [0.3, 0.4) is 0 Å². The van der Waals surface area contributed by atoms with Crippen molar-refractivity contribution in [1.82, 2.24) is 15.1 Å². The summed E-state index contributed by atoms with van der Waals surface area (Å²) in [4.78, 5) is 0. The van der Waals surface area contributed by atoms with Gasteiger partial charge in [-0.15, -0.1) is 0 Å². The Labute approximate surface area is 130 Å². The van der Waals surface area contributed by atoms with Crippen molar-refractivity contribution in [1.29, 1.82) is 0 Å². The largest absolute Gasteiger partial charge is 0.384 e. The average Bonchev–Trinajstić information content (AvgIpc) is 2.87. The van der Waals surface area contributed by atoms with Gasteiger partial charge in [0.1, 0.15) is 5.60 Å². The van der Waals surface area contributed by atoms with Gasteiger partial charge in [0.15, 0.2) is 0 Å². The molecule has 114 valence electrons. The molecule has 0 amide bonds. The van der Waals surface area contributed by atoms with E-state index in [4.69, 9.17) is 11.6 Å². The molecule has 4 nitrogen and oxygen atoms in total. The summed E-state index contributed by atoms with van der Waals surface area (Å²) in [5.41, 5.74) is 1.11. The molecule has 0 radical (unpaired) electrons. The maximum atomic E-state index is 10.5. The Kier molecular flexibility index (Phi) is 5.04. The first kappa shape index (κ1) is 16.0. The standard InChI is InChI=1S/C16H22ClN3O/c1-12(8-13-4-6-15(17)7-5-13)18-11-16(2,21)14-9-19-20(3)10-14/h4-7,9-10,12,18,21H,8,11H2,1-3H3/t12-,16+/m0/s1. The molecule has 0 fully saturated rings. The van der Waals surface area contributed by atoms with Crippen LogP contribution in [0.15, 0.2) is 36.7 Å². The Bertz CT molecular complexity index is 577. The maximum absolute atomic E-state index is 10.5. The van der Waals surface area contributed by atoms with Gasteiger partial charge in [-0.25, -0.2) is 0 Å². The molecule has 2 rings (SSSR count). The van der Waals surface area contributed by atoms with Gasteiger partial charge in [-0.2, -0.15) is 5.10 Å². The van der Waals surface area contributed by atoms with Crippen LogP contribution in [-0.2, 0) is 19.1 Å². The van der Waals surface area contributed by atoms with Crippen LogP contribution in [0.25, 0.3) is 0 Å². The van der Waals surface area contributed by atoms with Crippen LogP contribution in [0.1, 0.15) is 25.0 Å². The topological polar surface area (TPSA) is 50.1 Å². The lowest BCUT2D eigenvalue weighted by atomic mass is 9.98. The van der Waals surface area contributed by atoms with E-state index in [9.17, 15) is 5.11 Å². The Hall–Kier alpha value is -1.36. The Morgan fingerprint density at radius 1 is 1.38 bits per heavy atom. The first-order valence-electron chi connectivity index (χ1n) is 7.06. The minimum atomic E-state index is -0.928. The van der Waals surface area contributed by atoms with Crippen molar-refractivity contribution in [2.24, 2.45) is 7.05 Å². The molecule has 0 saturated heterocycles.